The zero-order valence-corrected chi connectivity index (χ0v) is 17.2. The number of rotatable bonds is 7. The zero-order valence-electron chi connectivity index (χ0n) is 14.9. The summed E-state index contributed by atoms with van der Waals surface area (Å²) in [5.74, 6) is 1.09. The van der Waals surface area contributed by atoms with Gasteiger partial charge < -0.3 is 9.47 Å². The van der Waals surface area contributed by atoms with Crippen molar-refractivity contribution in [3.05, 3.63) is 73.1 Å². The van der Waals surface area contributed by atoms with Gasteiger partial charge in [-0.25, -0.2) is 5.43 Å². The van der Waals surface area contributed by atoms with Gasteiger partial charge in [0.25, 0.3) is 5.56 Å². The molecule has 1 heterocycles. The van der Waals surface area contributed by atoms with E-state index in [0.29, 0.717) is 37.7 Å². The lowest BCUT2D eigenvalue weighted by molar-refractivity contribution is 0.284. The van der Waals surface area contributed by atoms with Crippen molar-refractivity contribution in [2.24, 2.45) is 5.10 Å². The van der Waals surface area contributed by atoms with Gasteiger partial charge >= 0.3 is 0 Å². The SMILES string of the molecule is COc1cc(/C=N/Nc2nncc(=O)[nH]2)ccc1OCc1c(Cl)ccc(Cl)c1Cl. The van der Waals surface area contributed by atoms with Crippen LogP contribution in [0.2, 0.25) is 15.1 Å². The van der Waals surface area contributed by atoms with E-state index in [1.165, 1.54) is 13.3 Å². The first-order valence-corrected chi connectivity index (χ1v) is 9.25. The fraction of sp³-hybridized carbons (Fsp3) is 0.111. The third kappa shape index (κ3) is 5.38. The third-order valence-corrected chi connectivity index (χ3v) is 4.85. The number of H-pyrrole nitrogens is 1. The van der Waals surface area contributed by atoms with Crippen molar-refractivity contribution >= 4 is 47.0 Å². The highest BCUT2D eigenvalue weighted by Gasteiger charge is 2.12. The van der Waals surface area contributed by atoms with Crippen molar-refractivity contribution in [3.63, 3.8) is 0 Å². The number of halogens is 3. The normalized spacial score (nSPS) is 10.9. The Morgan fingerprint density at radius 3 is 2.72 bits per heavy atom. The summed E-state index contributed by atoms with van der Waals surface area (Å²) in [6.07, 6.45) is 2.58. The molecule has 0 aliphatic rings. The molecule has 150 valence electrons. The topological polar surface area (TPSA) is 101 Å². The van der Waals surface area contributed by atoms with Gasteiger partial charge in [-0.05, 0) is 35.9 Å². The molecule has 0 spiro atoms. The first-order valence-electron chi connectivity index (χ1n) is 8.12. The van der Waals surface area contributed by atoms with E-state index in [9.17, 15) is 4.79 Å². The van der Waals surface area contributed by atoms with Crippen LogP contribution in [0.5, 0.6) is 11.5 Å². The number of hydrogen-bond donors (Lipinski definition) is 2. The van der Waals surface area contributed by atoms with Crippen LogP contribution in [0.3, 0.4) is 0 Å². The predicted molar refractivity (Wildman–Crippen MR) is 113 cm³/mol. The van der Waals surface area contributed by atoms with Crippen LogP contribution in [-0.2, 0) is 6.61 Å². The quantitative estimate of drug-likeness (QED) is 0.316. The van der Waals surface area contributed by atoms with E-state index in [1.807, 2.05) is 0 Å². The maximum Gasteiger partial charge on any atom is 0.271 e. The maximum absolute atomic E-state index is 11.2. The third-order valence-electron chi connectivity index (χ3n) is 3.66. The molecule has 3 aromatic rings. The molecule has 0 amide bonds. The highest BCUT2D eigenvalue weighted by molar-refractivity contribution is 6.44. The number of aromatic amines is 1. The fourth-order valence-corrected chi connectivity index (χ4v) is 2.92. The lowest BCUT2D eigenvalue weighted by Gasteiger charge is -2.13. The fourth-order valence-electron chi connectivity index (χ4n) is 2.27. The number of ether oxygens (including phenoxy) is 2. The summed E-state index contributed by atoms with van der Waals surface area (Å²) in [6, 6.07) is 8.49. The molecule has 2 N–H and O–H groups in total. The van der Waals surface area contributed by atoms with Crippen LogP contribution in [0.4, 0.5) is 5.95 Å². The van der Waals surface area contributed by atoms with Gasteiger partial charge in [0.2, 0.25) is 5.95 Å². The van der Waals surface area contributed by atoms with E-state index in [0.717, 1.165) is 6.20 Å². The molecule has 2 aromatic carbocycles. The predicted octanol–water partition coefficient (Wildman–Crippen LogP) is 4.16. The summed E-state index contributed by atoms with van der Waals surface area (Å²) in [6.45, 7) is 0.115. The molecule has 8 nitrogen and oxygen atoms in total. The van der Waals surface area contributed by atoms with E-state index in [-0.39, 0.29) is 18.1 Å². The number of methoxy groups -OCH3 is 1. The Hall–Kier alpha value is -2.81. The Labute approximate surface area is 180 Å². The van der Waals surface area contributed by atoms with Gasteiger partial charge in [0.1, 0.15) is 12.8 Å². The van der Waals surface area contributed by atoms with Crippen LogP contribution in [0, 0.1) is 0 Å². The average Bonchev–Trinajstić information content (AvgIpc) is 2.71. The maximum atomic E-state index is 11.2. The van der Waals surface area contributed by atoms with Gasteiger partial charge in [0.15, 0.2) is 11.5 Å². The molecule has 0 aliphatic carbocycles. The minimum absolute atomic E-state index is 0.115. The molecular weight excluding hydrogens is 441 g/mol. The molecule has 29 heavy (non-hydrogen) atoms. The smallest absolute Gasteiger partial charge is 0.271 e. The number of hydrogen-bond acceptors (Lipinski definition) is 7. The van der Waals surface area contributed by atoms with Crippen LogP contribution in [0.1, 0.15) is 11.1 Å². The first kappa shape index (κ1) is 20.9. The monoisotopic (exact) mass is 453 g/mol. The molecule has 0 fully saturated rings. The lowest BCUT2D eigenvalue weighted by atomic mass is 10.2. The highest BCUT2D eigenvalue weighted by Crippen LogP contribution is 2.34. The van der Waals surface area contributed by atoms with E-state index in [4.69, 9.17) is 44.3 Å². The van der Waals surface area contributed by atoms with Crippen LogP contribution in [0.25, 0.3) is 0 Å². The van der Waals surface area contributed by atoms with Crippen LogP contribution < -0.4 is 20.5 Å². The van der Waals surface area contributed by atoms with Crippen molar-refractivity contribution in [2.75, 3.05) is 12.5 Å². The van der Waals surface area contributed by atoms with Crippen LogP contribution in [0.15, 0.2) is 46.4 Å². The molecule has 0 atom stereocenters. The first-order chi connectivity index (χ1) is 14.0. The van der Waals surface area contributed by atoms with Crippen molar-refractivity contribution in [2.45, 2.75) is 6.61 Å². The van der Waals surface area contributed by atoms with Crippen molar-refractivity contribution in [1.82, 2.24) is 15.2 Å². The Morgan fingerprint density at radius 2 is 1.97 bits per heavy atom. The van der Waals surface area contributed by atoms with E-state index in [1.54, 1.807) is 30.3 Å². The van der Waals surface area contributed by atoms with Gasteiger partial charge in [0.05, 0.1) is 23.4 Å². The molecule has 0 bridgehead atoms. The number of nitrogens with zero attached hydrogens (tertiary/aromatic N) is 3. The number of nitrogens with one attached hydrogen (secondary N) is 2. The highest BCUT2D eigenvalue weighted by atomic mass is 35.5. The summed E-state index contributed by atoms with van der Waals surface area (Å²) >= 11 is 18.4. The largest absolute Gasteiger partial charge is 0.493 e. The van der Waals surface area contributed by atoms with Crippen molar-refractivity contribution in [1.29, 1.82) is 0 Å². The van der Waals surface area contributed by atoms with Crippen LogP contribution >= 0.6 is 34.8 Å². The molecule has 0 saturated heterocycles. The number of hydrazone groups is 1. The molecule has 0 aliphatic heterocycles. The van der Waals surface area contributed by atoms with Gasteiger partial charge in [0, 0.05) is 10.6 Å². The lowest BCUT2D eigenvalue weighted by Crippen LogP contribution is -2.10. The molecule has 3 rings (SSSR count). The number of benzene rings is 2. The Bertz CT molecular complexity index is 1100. The molecule has 0 radical (unpaired) electrons. The second-order valence-electron chi connectivity index (χ2n) is 5.57. The summed E-state index contributed by atoms with van der Waals surface area (Å²) in [4.78, 5) is 13.6. The summed E-state index contributed by atoms with van der Waals surface area (Å²) in [5, 5.41) is 12.4. The summed E-state index contributed by atoms with van der Waals surface area (Å²) < 4.78 is 11.2. The standard InChI is InChI=1S/C18H14Cl3N5O3/c1-28-15-6-10(7-22-25-18-24-16(27)8-23-26-18)2-5-14(15)29-9-11-12(19)3-4-13(20)17(11)21/h2-8H,9H2,1H3,(H2,24,25,26,27)/b22-7+. The van der Waals surface area contributed by atoms with Gasteiger partial charge in [-0.2, -0.15) is 5.10 Å². The molecule has 1 aromatic heterocycles. The Balaban J connectivity index is 1.71. The van der Waals surface area contributed by atoms with Gasteiger partial charge in [-0.1, -0.05) is 34.8 Å². The van der Waals surface area contributed by atoms with Gasteiger partial charge in [-0.3, -0.25) is 9.78 Å². The Morgan fingerprint density at radius 1 is 1.17 bits per heavy atom. The van der Waals surface area contributed by atoms with E-state index in [2.05, 4.69) is 25.7 Å². The second kappa shape index (κ2) is 9.60. The molecule has 0 saturated carbocycles. The van der Waals surface area contributed by atoms with Gasteiger partial charge in [-0.15, -0.1) is 10.2 Å². The van der Waals surface area contributed by atoms with E-state index >= 15 is 0 Å². The summed E-state index contributed by atoms with van der Waals surface area (Å²) in [7, 11) is 1.52. The molecule has 11 heteroatoms. The summed E-state index contributed by atoms with van der Waals surface area (Å²) in [5.41, 5.74) is 3.48. The van der Waals surface area contributed by atoms with Crippen LogP contribution in [-0.4, -0.2) is 28.5 Å². The second-order valence-corrected chi connectivity index (χ2v) is 6.77. The average molecular weight is 455 g/mol. The number of anilines is 1. The zero-order chi connectivity index (χ0) is 20.8. The Kier molecular flexibility index (Phi) is 6.92. The minimum Gasteiger partial charge on any atom is -0.493 e. The van der Waals surface area contributed by atoms with Crippen molar-refractivity contribution in [3.8, 4) is 11.5 Å². The number of aromatic nitrogens is 3. The van der Waals surface area contributed by atoms with E-state index < -0.39 is 0 Å². The molecular formula is C18H14Cl3N5O3. The molecule has 0 unspecified atom stereocenters. The minimum atomic E-state index is -0.388. The van der Waals surface area contributed by atoms with Crippen molar-refractivity contribution < 1.29 is 9.47 Å².